The maximum atomic E-state index is 7.28. The van der Waals surface area contributed by atoms with E-state index in [1.165, 1.54) is 21.5 Å². The van der Waals surface area contributed by atoms with Gasteiger partial charge in [0, 0.05) is 37.9 Å². The average Bonchev–Trinajstić information content (AvgIpc) is 3.94. The summed E-state index contributed by atoms with van der Waals surface area (Å²) < 4.78 is 11.9. The van der Waals surface area contributed by atoms with Crippen molar-refractivity contribution in [2.45, 2.75) is 0 Å². The molecular weight excluding hydrogens is 695 g/mol. The van der Waals surface area contributed by atoms with Gasteiger partial charge in [-0.05, 0) is 82.9 Å². The predicted octanol–water partition coefficient (Wildman–Crippen LogP) is 14.2. The summed E-state index contributed by atoms with van der Waals surface area (Å²) in [5.41, 5.74) is 13.5. The number of hydrogen-bond acceptors (Lipinski definition) is 2. The van der Waals surface area contributed by atoms with E-state index in [-0.39, 0.29) is 0 Å². The lowest BCUT2D eigenvalue weighted by Crippen LogP contribution is -1.98. The van der Waals surface area contributed by atoms with Gasteiger partial charge >= 0.3 is 0 Å². The van der Waals surface area contributed by atoms with Crippen molar-refractivity contribution in [1.29, 1.82) is 0 Å². The van der Waals surface area contributed by atoms with Crippen LogP contribution in [0.15, 0.2) is 205 Å². The van der Waals surface area contributed by atoms with Crippen LogP contribution in [0, 0.1) is 0 Å². The van der Waals surface area contributed by atoms with Crippen molar-refractivity contribution < 1.29 is 4.42 Å². The van der Waals surface area contributed by atoms with E-state index in [9.17, 15) is 0 Å². The van der Waals surface area contributed by atoms with Crippen molar-refractivity contribution in [1.82, 2.24) is 14.1 Å². The molecule has 4 aromatic heterocycles. The molecular formula is C53H33N3O. The van der Waals surface area contributed by atoms with E-state index in [2.05, 4.69) is 209 Å². The van der Waals surface area contributed by atoms with Gasteiger partial charge in [0.15, 0.2) is 5.58 Å². The topological polar surface area (TPSA) is 35.9 Å². The van der Waals surface area contributed by atoms with Gasteiger partial charge in [0.1, 0.15) is 11.4 Å². The quantitative estimate of drug-likeness (QED) is 0.177. The van der Waals surface area contributed by atoms with E-state index in [1.54, 1.807) is 0 Å². The number of pyridine rings is 1. The molecule has 4 heteroatoms. The molecule has 57 heavy (non-hydrogen) atoms. The molecule has 12 aromatic rings. The number of rotatable bonds is 5. The first kappa shape index (κ1) is 31.6. The number of nitrogens with zero attached hydrogens (tertiary/aromatic N) is 3. The molecule has 0 fully saturated rings. The van der Waals surface area contributed by atoms with E-state index in [0.717, 1.165) is 89.0 Å². The molecule has 0 N–H and O–H groups in total. The highest BCUT2D eigenvalue weighted by Crippen LogP contribution is 2.45. The molecule has 266 valence electrons. The average molecular weight is 728 g/mol. The molecule has 0 aliphatic carbocycles. The second-order valence-corrected chi connectivity index (χ2v) is 14.7. The fraction of sp³-hybridized carbons (Fsp3) is 0. The van der Waals surface area contributed by atoms with Gasteiger partial charge in [-0.2, -0.15) is 0 Å². The van der Waals surface area contributed by atoms with E-state index < -0.39 is 0 Å². The van der Waals surface area contributed by atoms with E-state index in [4.69, 9.17) is 9.40 Å². The largest absolute Gasteiger partial charge is 0.453 e. The smallest absolute Gasteiger partial charge is 0.159 e. The second-order valence-electron chi connectivity index (χ2n) is 14.7. The molecule has 4 nitrogen and oxygen atoms in total. The number of benzene rings is 8. The van der Waals surface area contributed by atoms with E-state index >= 15 is 0 Å². The van der Waals surface area contributed by atoms with Crippen molar-refractivity contribution >= 4 is 65.6 Å². The molecule has 0 atom stereocenters. The zero-order chi connectivity index (χ0) is 37.5. The standard InChI is InChI=1S/C53H33N3O/c1-3-16-34(17-4-1)36-30-42-43-31-37(35-18-5-2-6-19-35)33-50(55-46-25-11-7-20-38(46)39-21-8-12-26-47(39)55)53(43)57-52(42)44(32-36)45-24-15-29-51(54-45)56-48-27-13-9-22-40(48)41-23-10-14-28-49(41)56/h1-33H. The van der Waals surface area contributed by atoms with Crippen LogP contribution in [0.5, 0.6) is 0 Å². The second kappa shape index (κ2) is 12.4. The molecule has 0 saturated carbocycles. The van der Waals surface area contributed by atoms with Crippen molar-refractivity contribution in [3.63, 3.8) is 0 Å². The van der Waals surface area contributed by atoms with Crippen molar-refractivity contribution in [3.05, 3.63) is 200 Å². The molecule has 0 bridgehead atoms. The SMILES string of the molecule is c1ccc(-c2cc(-c3cccc(-n4c5ccccc5c5ccccc54)n3)c3oc4c(-n5c6ccccc6c6ccccc65)cc(-c5ccccc5)cc4c3c2)cc1. The van der Waals surface area contributed by atoms with Crippen LogP contribution in [0.4, 0.5) is 0 Å². The van der Waals surface area contributed by atoms with Crippen LogP contribution < -0.4 is 0 Å². The Morgan fingerprint density at radius 1 is 0.333 bits per heavy atom. The maximum absolute atomic E-state index is 7.28. The lowest BCUT2D eigenvalue weighted by Gasteiger charge is -2.12. The Hall–Kier alpha value is -7.69. The van der Waals surface area contributed by atoms with Crippen LogP contribution in [0.1, 0.15) is 0 Å². The van der Waals surface area contributed by atoms with Crippen molar-refractivity contribution in [3.8, 4) is 45.0 Å². The van der Waals surface area contributed by atoms with Gasteiger partial charge < -0.3 is 8.98 Å². The first-order valence-electron chi connectivity index (χ1n) is 19.4. The van der Waals surface area contributed by atoms with Crippen LogP contribution in [0.3, 0.4) is 0 Å². The molecule has 0 saturated heterocycles. The van der Waals surface area contributed by atoms with Crippen LogP contribution in [-0.2, 0) is 0 Å². The fourth-order valence-electron chi connectivity index (χ4n) is 8.96. The van der Waals surface area contributed by atoms with E-state index in [1.807, 2.05) is 0 Å². The Bertz CT molecular complexity index is 3410. The molecule has 0 aliphatic heterocycles. The van der Waals surface area contributed by atoms with Gasteiger partial charge in [-0.1, -0.05) is 140 Å². The summed E-state index contributed by atoms with van der Waals surface area (Å²) in [4.78, 5) is 5.46. The third kappa shape index (κ3) is 4.84. The minimum atomic E-state index is 0.809. The third-order valence-electron chi connectivity index (χ3n) is 11.5. The highest BCUT2D eigenvalue weighted by atomic mass is 16.3. The molecule has 0 amide bonds. The number of aromatic nitrogens is 3. The van der Waals surface area contributed by atoms with Crippen LogP contribution in [0.25, 0.3) is 111 Å². The highest BCUT2D eigenvalue weighted by Gasteiger charge is 2.23. The van der Waals surface area contributed by atoms with Crippen LogP contribution >= 0.6 is 0 Å². The molecule has 8 aromatic carbocycles. The van der Waals surface area contributed by atoms with Crippen LogP contribution in [-0.4, -0.2) is 14.1 Å². The molecule has 0 unspecified atom stereocenters. The summed E-state index contributed by atoms with van der Waals surface area (Å²) in [6.45, 7) is 0. The summed E-state index contributed by atoms with van der Waals surface area (Å²) in [6.07, 6.45) is 0. The molecule has 4 heterocycles. The highest BCUT2D eigenvalue weighted by molar-refractivity contribution is 6.16. The van der Waals surface area contributed by atoms with Gasteiger partial charge in [0.25, 0.3) is 0 Å². The lowest BCUT2D eigenvalue weighted by molar-refractivity contribution is 0.667. The zero-order valence-corrected chi connectivity index (χ0v) is 30.8. The molecule has 0 aliphatic rings. The molecule has 0 spiro atoms. The van der Waals surface area contributed by atoms with Gasteiger partial charge in [-0.3, -0.25) is 4.57 Å². The Balaban J connectivity index is 1.19. The van der Waals surface area contributed by atoms with E-state index in [0.29, 0.717) is 0 Å². The van der Waals surface area contributed by atoms with Crippen molar-refractivity contribution in [2.75, 3.05) is 0 Å². The zero-order valence-electron chi connectivity index (χ0n) is 30.8. The summed E-state index contributed by atoms with van der Waals surface area (Å²) in [7, 11) is 0. The third-order valence-corrected chi connectivity index (χ3v) is 11.5. The van der Waals surface area contributed by atoms with Crippen LogP contribution in [0.2, 0.25) is 0 Å². The van der Waals surface area contributed by atoms with Gasteiger partial charge in [-0.25, -0.2) is 4.98 Å². The molecule has 12 rings (SSSR count). The summed E-state index contributed by atoms with van der Waals surface area (Å²) in [6, 6.07) is 71.2. The van der Waals surface area contributed by atoms with Crippen molar-refractivity contribution in [2.24, 2.45) is 0 Å². The van der Waals surface area contributed by atoms with Gasteiger partial charge in [0.2, 0.25) is 0 Å². The number of fused-ring (bicyclic) bond motifs is 9. The Labute approximate surface area is 328 Å². The number of para-hydroxylation sites is 4. The minimum absolute atomic E-state index is 0.809. The minimum Gasteiger partial charge on any atom is -0.453 e. The molecule has 0 radical (unpaired) electrons. The predicted molar refractivity (Wildman–Crippen MR) is 237 cm³/mol. The maximum Gasteiger partial charge on any atom is 0.159 e. The summed E-state index contributed by atoms with van der Waals surface area (Å²) >= 11 is 0. The number of furan rings is 1. The number of hydrogen-bond donors (Lipinski definition) is 0. The summed E-state index contributed by atoms with van der Waals surface area (Å²) in [5, 5.41) is 6.93. The first-order chi connectivity index (χ1) is 28.3. The Morgan fingerprint density at radius 2 is 0.789 bits per heavy atom. The van der Waals surface area contributed by atoms with Gasteiger partial charge in [0.05, 0.1) is 33.4 Å². The monoisotopic (exact) mass is 727 g/mol. The summed E-state index contributed by atoms with van der Waals surface area (Å²) in [5.74, 6) is 0.858. The Kier molecular flexibility index (Phi) is 6.89. The fourth-order valence-corrected chi connectivity index (χ4v) is 8.96. The normalized spacial score (nSPS) is 11.9. The lowest BCUT2D eigenvalue weighted by atomic mass is 9.96. The first-order valence-corrected chi connectivity index (χ1v) is 19.4. The van der Waals surface area contributed by atoms with Gasteiger partial charge in [-0.15, -0.1) is 0 Å². The Morgan fingerprint density at radius 3 is 1.33 bits per heavy atom.